The van der Waals surface area contributed by atoms with Crippen molar-refractivity contribution in [2.75, 3.05) is 0 Å². The minimum atomic E-state index is -0.342. The van der Waals surface area contributed by atoms with Crippen molar-refractivity contribution >= 4 is 11.6 Å². The molecule has 2 aromatic rings. The Morgan fingerprint density at radius 3 is 2.22 bits per heavy atom. The number of hydrazone groups is 1. The van der Waals surface area contributed by atoms with Crippen LogP contribution in [0.1, 0.15) is 23.1 Å². The van der Waals surface area contributed by atoms with Crippen LogP contribution in [0.25, 0.3) is 0 Å². The Hall–Kier alpha value is -2.56. The molecule has 0 aliphatic rings. The predicted molar refractivity (Wildman–Crippen MR) is 68.2 cm³/mol. The molecule has 1 amide bonds. The molecular formula is C13H12N4O. The van der Waals surface area contributed by atoms with Crippen LogP contribution in [0.3, 0.4) is 0 Å². The van der Waals surface area contributed by atoms with Crippen LogP contribution in [-0.4, -0.2) is 21.6 Å². The Balaban J connectivity index is 2.05. The van der Waals surface area contributed by atoms with E-state index in [-0.39, 0.29) is 5.91 Å². The van der Waals surface area contributed by atoms with E-state index in [1.54, 1.807) is 37.5 Å². The largest absolute Gasteiger partial charge is 0.289 e. The second kappa shape index (κ2) is 5.67. The highest BCUT2D eigenvalue weighted by molar-refractivity contribution is 5.99. The third kappa shape index (κ3) is 2.98. The highest BCUT2D eigenvalue weighted by Gasteiger charge is 2.05. The van der Waals surface area contributed by atoms with Gasteiger partial charge in [0.2, 0.25) is 0 Å². The summed E-state index contributed by atoms with van der Waals surface area (Å²) in [5, 5.41) is 3.99. The Morgan fingerprint density at radius 1 is 1.06 bits per heavy atom. The van der Waals surface area contributed by atoms with Crippen LogP contribution in [0.2, 0.25) is 0 Å². The first-order valence-corrected chi connectivity index (χ1v) is 5.44. The molecule has 0 aliphatic heterocycles. The molecule has 0 saturated heterocycles. The van der Waals surface area contributed by atoms with Crippen molar-refractivity contribution in [3.05, 3.63) is 60.2 Å². The zero-order chi connectivity index (χ0) is 12.8. The molecule has 2 aromatic heterocycles. The molecule has 5 heteroatoms. The second-order valence-corrected chi connectivity index (χ2v) is 3.57. The fourth-order valence-electron chi connectivity index (χ4n) is 1.32. The van der Waals surface area contributed by atoms with Crippen molar-refractivity contribution in [3.63, 3.8) is 0 Å². The lowest BCUT2D eigenvalue weighted by molar-refractivity contribution is 0.0950. The number of pyridine rings is 2. The number of hydrogen-bond donors (Lipinski definition) is 1. The molecule has 0 spiro atoms. The van der Waals surface area contributed by atoms with Gasteiger partial charge in [0.25, 0.3) is 5.91 Å². The van der Waals surface area contributed by atoms with Crippen molar-refractivity contribution < 1.29 is 4.79 Å². The van der Waals surface area contributed by atoms with Gasteiger partial charge in [0.15, 0.2) is 0 Å². The quantitative estimate of drug-likeness (QED) is 0.655. The number of nitrogens with one attached hydrogen (secondary N) is 1. The van der Waals surface area contributed by atoms with E-state index in [4.69, 9.17) is 0 Å². The van der Waals surface area contributed by atoms with E-state index >= 15 is 0 Å². The monoisotopic (exact) mass is 240 g/mol. The normalized spacial score (nSPS) is 11.1. The Labute approximate surface area is 105 Å². The first kappa shape index (κ1) is 11.9. The van der Waals surface area contributed by atoms with E-state index in [0.717, 1.165) is 5.69 Å². The van der Waals surface area contributed by atoms with Crippen molar-refractivity contribution in [2.24, 2.45) is 5.10 Å². The van der Waals surface area contributed by atoms with Gasteiger partial charge in [0.1, 0.15) is 5.69 Å². The van der Waals surface area contributed by atoms with Gasteiger partial charge >= 0.3 is 0 Å². The first-order chi connectivity index (χ1) is 8.77. The molecule has 0 aromatic carbocycles. The van der Waals surface area contributed by atoms with Crippen molar-refractivity contribution in [3.8, 4) is 0 Å². The molecule has 0 unspecified atom stereocenters. The zero-order valence-corrected chi connectivity index (χ0v) is 9.87. The van der Waals surface area contributed by atoms with E-state index in [1.165, 1.54) is 0 Å². The van der Waals surface area contributed by atoms with Crippen molar-refractivity contribution in [2.45, 2.75) is 6.92 Å². The Morgan fingerprint density at radius 2 is 1.67 bits per heavy atom. The van der Waals surface area contributed by atoms with Crippen LogP contribution >= 0.6 is 0 Å². The molecule has 18 heavy (non-hydrogen) atoms. The lowest BCUT2D eigenvalue weighted by Gasteiger charge is -2.01. The van der Waals surface area contributed by atoms with Crippen LogP contribution in [0, 0.1) is 0 Å². The summed E-state index contributed by atoms with van der Waals surface area (Å²) < 4.78 is 0. The van der Waals surface area contributed by atoms with Gasteiger partial charge in [-0.15, -0.1) is 0 Å². The van der Waals surface area contributed by atoms with E-state index in [1.807, 2.05) is 18.2 Å². The number of rotatable bonds is 3. The number of aromatic nitrogens is 2. The van der Waals surface area contributed by atoms with E-state index in [0.29, 0.717) is 11.4 Å². The molecular weight excluding hydrogens is 228 g/mol. The van der Waals surface area contributed by atoms with Crippen LogP contribution in [-0.2, 0) is 0 Å². The van der Waals surface area contributed by atoms with E-state index in [9.17, 15) is 4.79 Å². The summed E-state index contributed by atoms with van der Waals surface area (Å²) in [7, 11) is 0. The van der Waals surface area contributed by atoms with Crippen molar-refractivity contribution in [1.29, 1.82) is 0 Å². The topological polar surface area (TPSA) is 67.2 Å². The minimum absolute atomic E-state index is 0.329. The second-order valence-electron chi connectivity index (χ2n) is 3.57. The summed E-state index contributed by atoms with van der Waals surface area (Å²) in [5.74, 6) is -0.342. The third-order valence-corrected chi connectivity index (χ3v) is 2.26. The molecule has 0 aliphatic carbocycles. The smallest absolute Gasteiger partial charge is 0.266 e. The Bertz CT molecular complexity index is 552. The summed E-state index contributed by atoms with van der Waals surface area (Å²) >= 11 is 0. The molecule has 0 bridgehead atoms. The van der Waals surface area contributed by atoms with Crippen LogP contribution in [0.15, 0.2) is 53.9 Å². The number of carbonyl (C=O) groups excluding carboxylic acids is 1. The molecule has 0 fully saturated rings. The molecule has 0 atom stereocenters. The minimum Gasteiger partial charge on any atom is -0.266 e. The first-order valence-electron chi connectivity index (χ1n) is 5.44. The average Bonchev–Trinajstić information content (AvgIpc) is 2.46. The molecule has 0 radical (unpaired) electrons. The van der Waals surface area contributed by atoms with E-state index in [2.05, 4.69) is 20.5 Å². The van der Waals surface area contributed by atoms with Crippen LogP contribution < -0.4 is 5.43 Å². The van der Waals surface area contributed by atoms with Gasteiger partial charge in [-0.1, -0.05) is 12.1 Å². The SMILES string of the molecule is C/C(=N\NC(=O)c1ccccn1)c1ccccn1. The summed E-state index contributed by atoms with van der Waals surface area (Å²) in [5.41, 5.74) is 4.13. The molecule has 0 saturated carbocycles. The third-order valence-electron chi connectivity index (χ3n) is 2.26. The van der Waals surface area contributed by atoms with Crippen molar-refractivity contribution in [1.82, 2.24) is 15.4 Å². The van der Waals surface area contributed by atoms with Gasteiger partial charge in [-0.25, -0.2) is 5.43 Å². The molecule has 5 nitrogen and oxygen atoms in total. The number of carbonyl (C=O) groups is 1. The predicted octanol–water partition coefficient (Wildman–Crippen LogP) is 1.63. The standard InChI is InChI=1S/C13H12N4O/c1-10(11-6-2-4-8-14-11)16-17-13(18)12-7-3-5-9-15-12/h2-9H,1H3,(H,17,18)/b16-10+. The lowest BCUT2D eigenvalue weighted by atomic mass is 10.3. The summed E-state index contributed by atoms with van der Waals surface area (Å²) in [6.45, 7) is 1.78. The molecule has 2 heterocycles. The van der Waals surface area contributed by atoms with Gasteiger partial charge in [0, 0.05) is 12.4 Å². The van der Waals surface area contributed by atoms with Gasteiger partial charge in [-0.3, -0.25) is 14.8 Å². The van der Waals surface area contributed by atoms with E-state index < -0.39 is 0 Å². The van der Waals surface area contributed by atoms with Crippen LogP contribution in [0.5, 0.6) is 0 Å². The maximum atomic E-state index is 11.7. The fraction of sp³-hybridized carbons (Fsp3) is 0.0769. The number of nitrogens with zero attached hydrogens (tertiary/aromatic N) is 3. The average molecular weight is 240 g/mol. The molecule has 2 rings (SSSR count). The van der Waals surface area contributed by atoms with Crippen LogP contribution in [0.4, 0.5) is 0 Å². The highest BCUT2D eigenvalue weighted by Crippen LogP contribution is 1.96. The number of amides is 1. The Kier molecular flexibility index (Phi) is 3.76. The maximum absolute atomic E-state index is 11.7. The fourth-order valence-corrected chi connectivity index (χ4v) is 1.32. The summed E-state index contributed by atoms with van der Waals surface area (Å²) in [4.78, 5) is 19.7. The van der Waals surface area contributed by atoms with Gasteiger partial charge in [-0.2, -0.15) is 5.10 Å². The highest BCUT2D eigenvalue weighted by atomic mass is 16.2. The van der Waals surface area contributed by atoms with Gasteiger partial charge in [-0.05, 0) is 31.2 Å². The van der Waals surface area contributed by atoms with Gasteiger partial charge in [0.05, 0.1) is 11.4 Å². The maximum Gasteiger partial charge on any atom is 0.289 e. The lowest BCUT2D eigenvalue weighted by Crippen LogP contribution is -2.20. The van der Waals surface area contributed by atoms with Gasteiger partial charge < -0.3 is 0 Å². The molecule has 1 N–H and O–H groups in total. The summed E-state index contributed by atoms with van der Waals surface area (Å²) in [6.07, 6.45) is 3.24. The number of hydrogen-bond acceptors (Lipinski definition) is 4. The molecule has 90 valence electrons. The zero-order valence-electron chi connectivity index (χ0n) is 9.87. The summed E-state index contributed by atoms with van der Waals surface area (Å²) in [6, 6.07) is 10.6.